The lowest BCUT2D eigenvalue weighted by atomic mass is 9.93. The van der Waals surface area contributed by atoms with Crippen molar-refractivity contribution >= 4 is 0 Å². The third-order valence-electron chi connectivity index (χ3n) is 5.55. The van der Waals surface area contributed by atoms with Gasteiger partial charge in [0.05, 0.1) is 0 Å². The number of piperidine rings is 1. The van der Waals surface area contributed by atoms with E-state index >= 15 is 0 Å². The highest BCUT2D eigenvalue weighted by molar-refractivity contribution is 5.45. The van der Waals surface area contributed by atoms with E-state index in [1.807, 2.05) is 11.6 Å². The first-order chi connectivity index (χ1) is 12.0. The molecule has 1 aromatic carbocycles. The summed E-state index contributed by atoms with van der Waals surface area (Å²) in [6, 6.07) is 6.62. The van der Waals surface area contributed by atoms with E-state index < -0.39 is 0 Å². The highest BCUT2D eigenvalue weighted by Crippen LogP contribution is 2.38. The van der Waals surface area contributed by atoms with Gasteiger partial charge in [-0.1, -0.05) is 18.2 Å². The van der Waals surface area contributed by atoms with Crippen molar-refractivity contribution in [2.45, 2.75) is 51.7 Å². The van der Waals surface area contributed by atoms with Crippen LogP contribution in [0.1, 0.15) is 43.6 Å². The molecule has 5 nitrogen and oxygen atoms in total. The zero-order chi connectivity index (χ0) is 17.4. The van der Waals surface area contributed by atoms with Crippen molar-refractivity contribution in [3.05, 3.63) is 41.5 Å². The Morgan fingerprint density at radius 2 is 2.04 bits per heavy atom. The van der Waals surface area contributed by atoms with Crippen molar-refractivity contribution in [2.24, 2.45) is 13.0 Å². The van der Waals surface area contributed by atoms with E-state index in [4.69, 9.17) is 4.74 Å². The number of aryl methyl sites for hydroxylation is 1. The SMILES string of the molecule is Cn1cnnc1CC1CCN(Cc2cccc3c2OC(C)(C)C3)CC1. The number of benzene rings is 1. The minimum Gasteiger partial charge on any atom is -0.487 e. The monoisotopic (exact) mass is 340 g/mol. The molecule has 1 aromatic heterocycles. The molecule has 134 valence electrons. The average molecular weight is 340 g/mol. The molecule has 0 N–H and O–H groups in total. The standard InChI is InChI=1S/C20H28N4O/c1-20(2)12-16-5-4-6-17(19(16)25-20)13-24-9-7-15(8-10-24)11-18-22-21-14-23(18)3/h4-6,14-15H,7-13H2,1-3H3. The number of rotatable bonds is 4. The molecule has 0 atom stereocenters. The largest absolute Gasteiger partial charge is 0.487 e. The van der Waals surface area contributed by atoms with Crippen LogP contribution in [-0.4, -0.2) is 38.4 Å². The molecule has 2 aliphatic heterocycles. The van der Waals surface area contributed by atoms with E-state index in [0.717, 1.165) is 50.0 Å². The molecule has 2 aliphatic rings. The van der Waals surface area contributed by atoms with Crippen LogP contribution in [0, 0.1) is 5.92 Å². The number of nitrogens with zero attached hydrogens (tertiary/aromatic N) is 4. The van der Waals surface area contributed by atoms with Crippen molar-refractivity contribution < 1.29 is 4.74 Å². The second-order valence-corrected chi connectivity index (χ2v) is 8.23. The Morgan fingerprint density at radius 1 is 1.24 bits per heavy atom. The first-order valence-electron chi connectivity index (χ1n) is 9.35. The predicted octanol–water partition coefficient (Wildman–Crippen LogP) is 2.98. The van der Waals surface area contributed by atoms with Gasteiger partial charge in [0.25, 0.3) is 0 Å². The topological polar surface area (TPSA) is 43.2 Å². The predicted molar refractivity (Wildman–Crippen MR) is 97.6 cm³/mol. The highest BCUT2D eigenvalue weighted by atomic mass is 16.5. The van der Waals surface area contributed by atoms with E-state index in [9.17, 15) is 0 Å². The molecule has 0 saturated carbocycles. The second-order valence-electron chi connectivity index (χ2n) is 8.23. The Hall–Kier alpha value is -1.88. The molecule has 25 heavy (non-hydrogen) atoms. The minimum atomic E-state index is -0.0679. The summed E-state index contributed by atoms with van der Waals surface area (Å²) in [6.07, 6.45) is 6.31. The Kier molecular flexibility index (Phi) is 4.28. The van der Waals surface area contributed by atoms with Crippen LogP contribution in [-0.2, 0) is 26.4 Å². The van der Waals surface area contributed by atoms with E-state index in [1.54, 1.807) is 6.33 Å². The molecule has 1 saturated heterocycles. The molecule has 1 fully saturated rings. The molecule has 0 radical (unpaired) electrons. The number of ether oxygens (including phenoxy) is 1. The maximum absolute atomic E-state index is 6.23. The van der Waals surface area contributed by atoms with Gasteiger partial charge < -0.3 is 9.30 Å². The van der Waals surface area contributed by atoms with Crippen LogP contribution in [0.15, 0.2) is 24.5 Å². The van der Waals surface area contributed by atoms with E-state index in [-0.39, 0.29) is 5.60 Å². The van der Waals surface area contributed by atoms with Gasteiger partial charge in [0.1, 0.15) is 23.5 Å². The number of hydrogen-bond donors (Lipinski definition) is 0. The third-order valence-corrected chi connectivity index (χ3v) is 5.55. The van der Waals surface area contributed by atoms with Crippen molar-refractivity contribution in [3.63, 3.8) is 0 Å². The summed E-state index contributed by atoms with van der Waals surface area (Å²) in [7, 11) is 2.03. The summed E-state index contributed by atoms with van der Waals surface area (Å²) >= 11 is 0. The van der Waals surface area contributed by atoms with Crippen LogP contribution in [0.4, 0.5) is 0 Å². The molecule has 0 aliphatic carbocycles. The van der Waals surface area contributed by atoms with Crippen LogP contribution in [0.2, 0.25) is 0 Å². The summed E-state index contributed by atoms with van der Waals surface area (Å²) in [5.74, 6) is 2.96. The molecule has 0 unspecified atom stereocenters. The van der Waals surface area contributed by atoms with Gasteiger partial charge in [0.15, 0.2) is 0 Å². The van der Waals surface area contributed by atoms with Crippen molar-refractivity contribution in [1.82, 2.24) is 19.7 Å². The summed E-state index contributed by atoms with van der Waals surface area (Å²) in [6.45, 7) is 7.64. The fourth-order valence-electron chi connectivity index (χ4n) is 4.14. The minimum absolute atomic E-state index is 0.0679. The van der Waals surface area contributed by atoms with Gasteiger partial charge in [-0.25, -0.2) is 0 Å². The lowest BCUT2D eigenvalue weighted by Crippen LogP contribution is -2.34. The fraction of sp³-hybridized carbons (Fsp3) is 0.600. The molecule has 2 aromatic rings. The van der Waals surface area contributed by atoms with Gasteiger partial charge in [0.2, 0.25) is 0 Å². The fourth-order valence-corrected chi connectivity index (χ4v) is 4.14. The average Bonchev–Trinajstić information content (AvgIpc) is 3.11. The molecule has 0 amide bonds. The maximum atomic E-state index is 6.23. The van der Waals surface area contributed by atoms with Crippen LogP contribution < -0.4 is 4.74 Å². The summed E-state index contributed by atoms with van der Waals surface area (Å²) in [5.41, 5.74) is 2.64. The maximum Gasteiger partial charge on any atom is 0.132 e. The molecule has 5 heteroatoms. The smallest absolute Gasteiger partial charge is 0.132 e. The molecular formula is C20H28N4O. The first kappa shape index (κ1) is 16.6. The van der Waals surface area contributed by atoms with Gasteiger partial charge in [-0.2, -0.15) is 0 Å². The van der Waals surface area contributed by atoms with Gasteiger partial charge in [-0.3, -0.25) is 4.90 Å². The molecule has 0 spiro atoms. The zero-order valence-corrected chi connectivity index (χ0v) is 15.5. The van der Waals surface area contributed by atoms with E-state index in [1.165, 1.54) is 24.0 Å². The van der Waals surface area contributed by atoms with Gasteiger partial charge in [-0.05, 0) is 51.3 Å². The van der Waals surface area contributed by atoms with Gasteiger partial charge in [0, 0.05) is 32.0 Å². The summed E-state index contributed by atoms with van der Waals surface area (Å²) in [4.78, 5) is 2.57. The number of para-hydroxylation sites is 1. The quantitative estimate of drug-likeness (QED) is 0.858. The number of likely N-dealkylation sites (tertiary alicyclic amines) is 1. The van der Waals surface area contributed by atoms with Crippen molar-refractivity contribution in [3.8, 4) is 5.75 Å². The second kappa shape index (κ2) is 6.45. The molecule has 4 rings (SSSR count). The lowest BCUT2D eigenvalue weighted by molar-refractivity contribution is 0.132. The Morgan fingerprint density at radius 3 is 2.76 bits per heavy atom. The molecule has 3 heterocycles. The van der Waals surface area contributed by atoms with E-state index in [2.05, 4.69) is 47.1 Å². The van der Waals surface area contributed by atoms with Crippen molar-refractivity contribution in [1.29, 1.82) is 0 Å². The van der Waals surface area contributed by atoms with Crippen LogP contribution in [0.3, 0.4) is 0 Å². The Labute approximate surface area is 150 Å². The lowest BCUT2D eigenvalue weighted by Gasteiger charge is -2.32. The van der Waals surface area contributed by atoms with E-state index in [0.29, 0.717) is 0 Å². The number of aromatic nitrogens is 3. The summed E-state index contributed by atoms with van der Waals surface area (Å²) in [5, 5.41) is 8.22. The number of hydrogen-bond acceptors (Lipinski definition) is 4. The van der Waals surface area contributed by atoms with Crippen LogP contribution in [0.25, 0.3) is 0 Å². The van der Waals surface area contributed by atoms with Gasteiger partial charge in [-0.15, -0.1) is 10.2 Å². The van der Waals surface area contributed by atoms with Crippen LogP contribution in [0.5, 0.6) is 5.75 Å². The van der Waals surface area contributed by atoms with Gasteiger partial charge >= 0.3 is 0 Å². The Bertz CT molecular complexity index is 744. The molecular weight excluding hydrogens is 312 g/mol. The van der Waals surface area contributed by atoms with Crippen LogP contribution >= 0.6 is 0 Å². The molecule has 0 bridgehead atoms. The highest BCUT2D eigenvalue weighted by Gasteiger charge is 2.32. The Balaban J connectivity index is 1.36. The zero-order valence-electron chi connectivity index (χ0n) is 15.5. The third kappa shape index (κ3) is 3.56. The number of fused-ring (bicyclic) bond motifs is 1. The normalized spacial score (nSPS) is 20.4. The van der Waals surface area contributed by atoms with Crippen molar-refractivity contribution in [2.75, 3.05) is 13.1 Å². The summed E-state index contributed by atoms with van der Waals surface area (Å²) < 4.78 is 8.27. The first-order valence-corrected chi connectivity index (χ1v) is 9.35.